The smallest absolute Gasteiger partial charge is 0.258 e. The lowest BCUT2D eigenvalue weighted by molar-refractivity contribution is -0.130. The minimum absolute atomic E-state index is 0.0306. The fourth-order valence-corrected chi connectivity index (χ4v) is 4.32. The SMILES string of the molecule is CC(C)Oc1ccc(-c2nc(-c3cccc4c3CC[C@@H]4N(C)CC(=O)N(C)C)no2)cc1C#N. The van der Waals surface area contributed by atoms with Crippen molar-refractivity contribution >= 4 is 5.91 Å². The van der Waals surface area contributed by atoms with Crippen molar-refractivity contribution in [2.24, 2.45) is 0 Å². The van der Waals surface area contributed by atoms with Gasteiger partial charge in [-0.05, 0) is 63.1 Å². The van der Waals surface area contributed by atoms with E-state index in [0.29, 0.717) is 35.1 Å². The number of nitriles is 1. The third-order valence-electron chi connectivity index (χ3n) is 6.03. The molecule has 4 rings (SSSR count). The van der Waals surface area contributed by atoms with Crippen molar-refractivity contribution in [2.45, 2.75) is 38.8 Å². The molecule has 1 aliphatic rings. The molecular formula is C26H29N5O3. The van der Waals surface area contributed by atoms with Gasteiger partial charge < -0.3 is 14.2 Å². The molecule has 1 amide bonds. The number of carbonyl (C=O) groups excluding carboxylic acids is 1. The second kappa shape index (κ2) is 9.65. The third kappa shape index (κ3) is 4.66. The fourth-order valence-electron chi connectivity index (χ4n) is 4.32. The van der Waals surface area contributed by atoms with Gasteiger partial charge in [-0.25, -0.2) is 0 Å². The summed E-state index contributed by atoms with van der Waals surface area (Å²) < 4.78 is 11.3. The summed E-state index contributed by atoms with van der Waals surface area (Å²) in [6.45, 7) is 4.20. The minimum atomic E-state index is -0.0306. The summed E-state index contributed by atoms with van der Waals surface area (Å²) in [6, 6.07) is 13.7. The van der Waals surface area contributed by atoms with E-state index in [4.69, 9.17) is 9.26 Å². The molecule has 0 spiro atoms. The Morgan fingerprint density at radius 1 is 1.26 bits per heavy atom. The molecule has 0 saturated heterocycles. The van der Waals surface area contributed by atoms with Crippen LogP contribution in [-0.2, 0) is 11.2 Å². The number of likely N-dealkylation sites (N-methyl/N-ethyl adjacent to an activating group) is 2. The van der Waals surface area contributed by atoms with Crippen molar-refractivity contribution in [3.05, 3.63) is 53.1 Å². The van der Waals surface area contributed by atoms with E-state index < -0.39 is 0 Å². The maximum absolute atomic E-state index is 12.2. The number of carbonyl (C=O) groups is 1. The average molecular weight is 460 g/mol. The normalized spacial score (nSPS) is 14.8. The van der Waals surface area contributed by atoms with Crippen LogP contribution in [0.5, 0.6) is 5.75 Å². The molecule has 8 nitrogen and oxygen atoms in total. The van der Waals surface area contributed by atoms with Crippen LogP contribution in [0.25, 0.3) is 22.8 Å². The highest BCUT2D eigenvalue weighted by atomic mass is 16.5. The zero-order chi connectivity index (χ0) is 24.4. The largest absolute Gasteiger partial charge is 0.490 e. The van der Waals surface area contributed by atoms with Gasteiger partial charge in [-0.15, -0.1) is 0 Å². The lowest BCUT2D eigenvalue weighted by Crippen LogP contribution is -2.35. The molecule has 0 fully saturated rings. The molecule has 176 valence electrons. The van der Waals surface area contributed by atoms with E-state index in [1.165, 1.54) is 11.1 Å². The third-order valence-corrected chi connectivity index (χ3v) is 6.03. The summed E-state index contributed by atoms with van der Waals surface area (Å²) in [6.07, 6.45) is 1.77. The molecule has 2 aromatic carbocycles. The first-order chi connectivity index (χ1) is 16.3. The van der Waals surface area contributed by atoms with Gasteiger partial charge in [-0.2, -0.15) is 10.2 Å². The lowest BCUT2D eigenvalue weighted by Gasteiger charge is -2.26. The quantitative estimate of drug-likeness (QED) is 0.525. The Balaban J connectivity index is 1.61. The monoisotopic (exact) mass is 459 g/mol. The van der Waals surface area contributed by atoms with Crippen molar-refractivity contribution < 1.29 is 14.1 Å². The van der Waals surface area contributed by atoms with Crippen molar-refractivity contribution in [1.82, 2.24) is 19.9 Å². The van der Waals surface area contributed by atoms with Crippen LogP contribution in [0.3, 0.4) is 0 Å². The number of benzene rings is 2. The number of hydrogen-bond donors (Lipinski definition) is 0. The van der Waals surface area contributed by atoms with Gasteiger partial charge in [0.05, 0.1) is 18.2 Å². The zero-order valence-corrected chi connectivity index (χ0v) is 20.2. The summed E-state index contributed by atoms with van der Waals surface area (Å²) in [5, 5.41) is 13.8. The molecule has 1 heterocycles. The number of hydrogen-bond acceptors (Lipinski definition) is 7. The van der Waals surface area contributed by atoms with Gasteiger partial charge in [0.2, 0.25) is 11.7 Å². The van der Waals surface area contributed by atoms with Gasteiger partial charge in [-0.3, -0.25) is 9.69 Å². The number of fused-ring (bicyclic) bond motifs is 1. The fraction of sp³-hybridized carbons (Fsp3) is 0.385. The Bertz CT molecular complexity index is 1240. The highest BCUT2D eigenvalue weighted by Crippen LogP contribution is 2.40. The standard InChI is InChI=1S/C26H29N5O3/c1-16(2)33-23-12-9-17(13-18(23)14-27)26-28-25(29-34-26)21-8-6-7-20-19(21)10-11-22(20)31(5)15-24(32)30(3)4/h6-9,12-13,16,22H,10-11,15H2,1-5H3/t22-/m0/s1. The molecule has 1 atom stereocenters. The van der Waals surface area contributed by atoms with E-state index in [1.807, 2.05) is 39.1 Å². The van der Waals surface area contributed by atoms with Crippen LogP contribution in [0.2, 0.25) is 0 Å². The van der Waals surface area contributed by atoms with Crippen LogP contribution in [0.4, 0.5) is 0 Å². The van der Waals surface area contributed by atoms with E-state index in [0.717, 1.165) is 18.4 Å². The maximum atomic E-state index is 12.2. The molecule has 1 aromatic heterocycles. The van der Waals surface area contributed by atoms with Crippen molar-refractivity contribution in [3.63, 3.8) is 0 Å². The van der Waals surface area contributed by atoms with Crippen LogP contribution in [-0.4, -0.2) is 59.6 Å². The van der Waals surface area contributed by atoms with Gasteiger partial charge in [0.1, 0.15) is 11.8 Å². The van der Waals surface area contributed by atoms with Crippen LogP contribution in [0.15, 0.2) is 40.9 Å². The molecular weight excluding hydrogens is 430 g/mol. The number of ether oxygens (including phenoxy) is 1. The predicted octanol–water partition coefficient (Wildman–Crippen LogP) is 4.07. The summed E-state index contributed by atoms with van der Waals surface area (Å²) in [5.41, 5.74) is 4.40. The van der Waals surface area contributed by atoms with Crippen molar-refractivity contribution in [1.29, 1.82) is 5.26 Å². The maximum Gasteiger partial charge on any atom is 0.258 e. The Hall–Kier alpha value is -3.70. The lowest BCUT2D eigenvalue weighted by atomic mass is 10.0. The number of rotatable bonds is 7. The topological polar surface area (TPSA) is 95.5 Å². The zero-order valence-electron chi connectivity index (χ0n) is 20.2. The van der Waals surface area contributed by atoms with Gasteiger partial charge in [0.25, 0.3) is 5.89 Å². The summed E-state index contributed by atoms with van der Waals surface area (Å²) in [4.78, 5) is 20.5. The van der Waals surface area contributed by atoms with Crippen LogP contribution in [0.1, 0.15) is 43.0 Å². The van der Waals surface area contributed by atoms with Gasteiger partial charge in [-0.1, -0.05) is 23.4 Å². The molecule has 8 heteroatoms. The van der Waals surface area contributed by atoms with Gasteiger partial charge >= 0.3 is 0 Å². The van der Waals surface area contributed by atoms with Crippen LogP contribution in [0, 0.1) is 11.3 Å². The van der Waals surface area contributed by atoms with E-state index in [2.05, 4.69) is 27.2 Å². The van der Waals surface area contributed by atoms with E-state index in [-0.39, 0.29) is 18.1 Å². The summed E-state index contributed by atoms with van der Waals surface area (Å²) in [5.74, 6) is 1.48. The minimum Gasteiger partial charge on any atom is -0.490 e. The molecule has 1 aliphatic carbocycles. The first-order valence-corrected chi connectivity index (χ1v) is 11.4. The molecule has 3 aromatic rings. The summed E-state index contributed by atoms with van der Waals surface area (Å²) >= 11 is 0. The molecule has 0 bridgehead atoms. The van der Waals surface area contributed by atoms with Crippen molar-refractivity contribution in [3.8, 4) is 34.7 Å². The highest BCUT2D eigenvalue weighted by Gasteiger charge is 2.30. The second-order valence-electron chi connectivity index (χ2n) is 9.04. The molecule has 0 radical (unpaired) electrons. The van der Waals surface area contributed by atoms with Gasteiger partial charge in [0.15, 0.2) is 0 Å². The number of nitrogens with zero attached hydrogens (tertiary/aromatic N) is 5. The molecule has 0 N–H and O–H groups in total. The first-order valence-electron chi connectivity index (χ1n) is 11.4. The summed E-state index contributed by atoms with van der Waals surface area (Å²) in [7, 11) is 5.53. The van der Waals surface area contributed by atoms with Gasteiger partial charge in [0, 0.05) is 31.3 Å². The Morgan fingerprint density at radius 2 is 2.06 bits per heavy atom. The Morgan fingerprint density at radius 3 is 2.76 bits per heavy atom. The van der Waals surface area contributed by atoms with Crippen LogP contribution >= 0.6 is 0 Å². The molecule has 0 aliphatic heterocycles. The van der Waals surface area contributed by atoms with Crippen LogP contribution < -0.4 is 4.74 Å². The average Bonchev–Trinajstić information content (AvgIpc) is 3.46. The van der Waals surface area contributed by atoms with E-state index in [1.54, 1.807) is 31.1 Å². The molecule has 34 heavy (non-hydrogen) atoms. The Kier molecular flexibility index (Phi) is 6.66. The predicted molar refractivity (Wildman–Crippen MR) is 128 cm³/mol. The molecule has 0 saturated carbocycles. The molecule has 0 unspecified atom stereocenters. The highest BCUT2D eigenvalue weighted by molar-refractivity contribution is 5.77. The number of amides is 1. The van der Waals surface area contributed by atoms with E-state index in [9.17, 15) is 10.1 Å². The number of aromatic nitrogens is 2. The van der Waals surface area contributed by atoms with Crippen molar-refractivity contribution in [2.75, 3.05) is 27.7 Å². The first kappa shape index (κ1) is 23.5. The second-order valence-corrected chi connectivity index (χ2v) is 9.04. The van der Waals surface area contributed by atoms with E-state index >= 15 is 0 Å². The Labute approximate surface area is 199 Å².